The van der Waals surface area contributed by atoms with E-state index < -0.39 is 0 Å². The molecule has 0 aliphatic carbocycles. The fourth-order valence-corrected chi connectivity index (χ4v) is 3.16. The van der Waals surface area contributed by atoms with Gasteiger partial charge in [-0.3, -0.25) is 20.2 Å². The van der Waals surface area contributed by atoms with Gasteiger partial charge >= 0.3 is 0 Å². The van der Waals surface area contributed by atoms with Crippen molar-refractivity contribution in [2.45, 2.75) is 25.9 Å². The van der Waals surface area contributed by atoms with Gasteiger partial charge in [-0.05, 0) is 48.2 Å². The van der Waals surface area contributed by atoms with Gasteiger partial charge in [-0.25, -0.2) is 0 Å². The summed E-state index contributed by atoms with van der Waals surface area (Å²) in [6, 6.07) is 10.2. The van der Waals surface area contributed by atoms with Crippen molar-refractivity contribution in [1.29, 1.82) is 0 Å². The molecule has 0 saturated heterocycles. The third kappa shape index (κ3) is 4.22. The maximum absolute atomic E-state index is 10.5. The molecule has 2 aliphatic rings. The Morgan fingerprint density at radius 3 is 1.50 bits per heavy atom. The topological polar surface area (TPSA) is 110 Å². The zero-order valence-corrected chi connectivity index (χ0v) is 14.2. The fourth-order valence-electron chi connectivity index (χ4n) is 3.16. The van der Waals surface area contributed by atoms with Gasteiger partial charge in [-0.2, -0.15) is 0 Å². The largest absolute Gasteiger partial charge is 0.312 e. The number of nitrogens with one attached hydrogen (secondary N) is 2. The lowest BCUT2D eigenvalue weighted by Gasteiger charge is -2.15. The second-order valence-electron chi connectivity index (χ2n) is 6.27. The smallest absolute Gasteiger partial charge is 0.269 e. The molecule has 0 atom stereocenters. The molecule has 0 radical (unpaired) electrons. The molecule has 0 fully saturated rings. The molecule has 8 heteroatoms. The molecule has 0 aromatic heterocycles. The summed E-state index contributed by atoms with van der Waals surface area (Å²) in [6.45, 7) is 3.42. The molecule has 0 saturated carbocycles. The molecule has 26 heavy (non-hydrogen) atoms. The monoisotopic (exact) mass is 356 g/mol. The average Bonchev–Trinajstić information content (AvgIpc) is 2.67. The molecule has 2 aliphatic heterocycles. The second-order valence-corrected chi connectivity index (χ2v) is 6.27. The standard InChI is InChI=1S/2C9H10N2O2/c2*12-11(13)9-2-1-7-3-4-10-6-8(7)5-9/h2*1-2,5,10H,3-4,6H2. The summed E-state index contributed by atoms with van der Waals surface area (Å²) in [4.78, 5) is 20.2. The molecule has 2 aromatic carbocycles. The van der Waals surface area contributed by atoms with Crippen LogP contribution in [0, 0.1) is 20.2 Å². The molecule has 0 unspecified atom stereocenters. The Balaban J connectivity index is 0.000000151. The number of fused-ring (bicyclic) bond motifs is 2. The van der Waals surface area contributed by atoms with Crippen molar-refractivity contribution in [3.63, 3.8) is 0 Å². The van der Waals surface area contributed by atoms with Crippen LogP contribution in [0.15, 0.2) is 36.4 Å². The van der Waals surface area contributed by atoms with E-state index in [9.17, 15) is 20.2 Å². The van der Waals surface area contributed by atoms with Crippen molar-refractivity contribution < 1.29 is 9.85 Å². The Kier molecular flexibility index (Phi) is 5.55. The van der Waals surface area contributed by atoms with Crippen LogP contribution < -0.4 is 10.6 Å². The average molecular weight is 356 g/mol. The minimum Gasteiger partial charge on any atom is -0.312 e. The minimum atomic E-state index is -0.352. The highest BCUT2D eigenvalue weighted by molar-refractivity contribution is 5.41. The molecule has 2 N–H and O–H groups in total. The van der Waals surface area contributed by atoms with Crippen molar-refractivity contribution >= 4 is 11.4 Å². The summed E-state index contributed by atoms with van der Waals surface area (Å²) in [5.41, 5.74) is 4.93. The van der Waals surface area contributed by atoms with Crippen molar-refractivity contribution in [2.75, 3.05) is 13.1 Å². The van der Waals surface area contributed by atoms with Crippen LogP contribution in [0.25, 0.3) is 0 Å². The van der Waals surface area contributed by atoms with E-state index >= 15 is 0 Å². The Morgan fingerprint density at radius 1 is 0.692 bits per heavy atom. The maximum Gasteiger partial charge on any atom is 0.269 e. The third-order valence-electron chi connectivity index (χ3n) is 4.57. The molecule has 0 amide bonds. The Hall–Kier alpha value is -2.84. The minimum absolute atomic E-state index is 0.183. The third-order valence-corrected chi connectivity index (χ3v) is 4.57. The van der Waals surface area contributed by atoms with Gasteiger partial charge in [-0.1, -0.05) is 12.1 Å². The molecule has 0 spiro atoms. The highest BCUT2D eigenvalue weighted by Gasteiger charge is 2.14. The number of non-ortho nitro benzene ring substituents is 2. The van der Waals surface area contributed by atoms with Gasteiger partial charge in [0, 0.05) is 37.4 Å². The van der Waals surface area contributed by atoms with Crippen LogP contribution in [0.1, 0.15) is 22.3 Å². The van der Waals surface area contributed by atoms with Gasteiger partial charge in [0.2, 0.25) is 0 Å². The van der Waals surface area contributed by atoms with Crippen LogP contribution in [0.3, 0.4) is 0 Å². The van der Waals surface area contributed by atoms with E-state index in [2.05, 4.69) is 10.6 Å². The van der Waals surface area contributed by atoms with E-state index in [1.165, 1.54) is 11.1 Å². The van der Waals surface area contributed by atoms with E-state index in [0.717, 1.165) is 50.1 Å². The summed E-state index contributed by atoms with van der Waals surface area (Å²) in [5, 5.41) is 27.3. The first-order valence-corrected chi connectivity index (χ1v) is 8.48. The lowest BCUT2D eigenvalue weighted by atomic mass is 10.0. The maximum atomic E-state index is 10.5. The van der Waals surface area contributed by atoms with Crippen LogP contribution in [-0.2, 0) is 25.9 Å². The fraction of sp³-hybridized carbons (Fsp3) is 0.333. The summed E-state index contributed by atoms with van der Waals surface area (Å²) in [7, 11) is 0. The zero-order chi connectivity index (χ0) is 18.5. The number of hydrogen-bond donors (Lipinski definition) is 2. The van der Waals surface area contributed by atoms with E-state index in [1.54, 1.807) is 24.3 Å². The number of nitrogens with zero attached hydrogens (tertiary/aromatic N) is 2. The van der Waals surface area contributed by atoms with Crippen LogP contribution >= 0.6 is 0 Å². The Morgan fingerprint density at radius 2 is 1.12 bits per heavy atom. The van der Waals surface area contributed by atoms with Crippen LogP contribution in [0.2, 0.25) is 0 Å². The molecule has 4 rings (SSSR count). The van der Waals surface area contributed by atoms with Crippen molar-refractivity contribution in [2.24, 2.45) is 0 Å². The first-order valence-electron chi connectivity index (χ1n) is 8.48. The molecular weight excluding hydrogens is 336 g/mol. The van der Waals surface area contributed by atoms with Gasteiger partial charge in [-0.15, -0.1) is 0 Å². The lowest BCUT2D eigenvalue weighted by molar-refractivity contribution is -0.385. The van der Waals surface area contributed by atoms with Crippen LogP contribution in [0.4, 0.5) is 11.4 Å². The van der Waals surface area contributed by atoms with Gasteiger partial charge < -0.3 is 10.6 Å². The van der Waals surface area contributed by atoms with Crippen LogP contribution in [-0.4, -0.2) is 22.9 Å². The predicted octanol–water partition coefficient (Wildman–Crippen LogP) is 2.48. The number of nitro benzene ring substituents is 2. The Labute approximate surface area is 150 Å². The Bertz CT molecular complexity index is 768. The van der Waals surface area contributed by atoms with Gasteiger partial charge in [0.25, 0.3) is 11.4 Å². The number of nitro groups is 2. The van der Waals surface area contributed by atoms with Crippen molar-refractivity contribution in [1.82, 2.24) is 10.6 Å². The predicted molar refractivity (Wildman–Crippen MR) is 97.0 cm³/mol. The highest BCUT2D eigenvalue weighted by Crippen LogP contribution is 2.21. The van der Waals surface area contributed by atoms with Gasteiger partial charge in [0.1, 0.15) is 0 Å². The summed E-state index contributed by atoms with van der Waals surface area (Å²) in [5.74, 6) is 0. The lowest BCUT2D eigenvalue weighted by Crippen LogP contribution is -2.23. The normalized spacial score (nSPS) is 15.1. The number of benzene rings is 2. The van der Waals surface area contributed by atoms with Crippen LogP contribution in [0.5, 0.6) is 0 Å². The molecule has 136 valence electrons. The van der Waals surface area contributed by atoms with Crippen molar-refractivity contribution in [3.8, 4) is 0 Å². The van der Waals surface area contributed by atoms with E-state index in [1.807, 2.05) is 12.1 Å². The first-order chi connectivity index (χ1) is 12.5. The summed E-state index contributed by atoms with van der Waals surface area (Å²) in [6.07, 6.45) is 1.93. The molecular formula is C18H20N4O4. The highest BCUT2D eigenvalue weighted by atomic mass is 16.6. The molecule has 2 heterocycles. The summed E-state index contributed by atoms with van der Waals surface area (Å²) < 4.78 is 0. The van der Waals surface area contributed by atoms with Gasteiger partial charge in [0.15, 0.2) is 0 Å². The van der Waals surface area contributed by atoms with Gasteiger partial charge in [0.05, 0.1) is 9.85 Å². The van der Waals surface area contributed by atoms with E-state index in [-0.39, 0.29) is 21.2 Å². The van der Waals surface area contributed by atoms with E-state index in [0.29, 0.717) is 0 Å². The van der Waals surface area contributed by atoms with E-state index in [4.69, 9.17) is 0 Å². The first kappa shape index (κ1) is 18.0. The zero-order valence-electron chi connectivity index (χ0n) is 14.2. The summed E-state index contributed by atoms with van der Waals surface area (Å²) >= 11 is 0. The number of rotatable bonds is 2. The SMILES string of the molecule is O=[N+]([O-])c1ccc2c(c1)CNCC2.O=[N+]([O-])c1ccc2c(c1)CNCC2. The van der Waals surface area contributed by atoms with Crippen molar-refractivity contribution in [3.05, 3.63) is 78.9 Å². The quantitative estimate of drug-likeness (QED) is 0.632. The molecule has 8 nitrogen and oxygen atoms in total. The number of hydrogen-bond acceptors (Lipinski definition) is 6. The molecule has 2 aromatic rings. The molecule has 0 bridgehead atoms. The second kappa shape index (κ2) is 8.03.